The Labute approximate surface area is 194 Å². The largest absolute Gasteiger partial charge is 0.546 e. The van der Waals surface area contributed by atoms with Crippen LogP contribution in [0.15, 0.2) is 52.4 Å². The molecular weight excluding hydrogens is 448 g/mol. The van der Waals surface area contributed by atoms with Crippen LogP contribution in [0.4, 0.5) is 5.69 Å². The Morgan fingerprint density at radius 2 is 1.88 bits per heavy atom. The van der Waals surface area contributed by atoms with Crippen LogP contribution in [-0.4, -0.2) is 55.3 Å². The van der Waals surface area contributed by atoms with Crippen molar-refractivity contribution in [1.82, 2.24) is 4.90 Å². The Morgan fingerprint density at radius 1 is 1.15 bits per heavy atom. The molecule has 1 aliphatic heterocycles. The zero-order valence-electron chi connectivity index (χ0n) is 18.2. The molecule has 1 saturated heterocycles. The number of hydrogen-bond donors (Lipinski definition) is 0. The second kappa shape index (κ2) is 10.7. The number of aliphatic carboxylic acids is 1. The van der Waals surface area contributed by atoms with Crippen molar-refractivity contribution >= 4 is 46.5 Å². The molecule has 2 aromatic carbocycles. The number of hydrogen-bond acceptors (Lipinski definition) is 9. The molecule has 0 atom stereocenters. The number of amidine groups is 1. The van der Waals surface area contributed by atoms with E-state index in [4.69, 9.17) is 14.2 Å². The number of ether oxygens (including phenoxy) is 3. The molecule has 0 N–H and O–H groups in total. The van der Waals surface area contributed by atoms with E-state index >= 15 is 0 Å². The normalized spacial score (nSPS) is 15.7. The fourth-order valence-electron chi connectivity index (χ4n) is 2.83. The third-order valence-electron chi connectivity index (χ3n) is 4.44. The summed E-state index contributed by atoms with van der Waals surface area (Å²) in [5.74, 6) is -1.40. The van der Waals surface area contributed by atoms with E-state index in [1.54, 1.807) is 62.5 Å². The zero-order valence-corrected chi connectivity index (χ0v) is 19.0. The van der Waals surface area contributed by atoms with E-state index in [0.717, 1.165) is 0 Å². The van der Waals surface area contributed by atoms with Crippen LogP contribution in [0.25, 0.3) is 6.08 Å². The topological polar surface area (TPSA) is 118 Å². The van der Waals surface area contributed by atoms with Gasteiger partial charge in [0.15, 0.2) is 16.7 Å². The van der Waals surface area contributed by atoms with Crippen LogP contribution in [0.3, 0.4) is 0 Å². The first kappa shape index (κ1) is 23.9. The molecule has 0 saturated carbocycles. The SMILES string of the molecule is CCOC(=O)c1ccc(N=C2S/C(=C\c3ccc(OCC(=O)[O-])c(OC)c3)C(=O)N2C)cc1. The van der Waals surface area contributed by atoms with E-state index in [0.29, 0.717) is 39.2 Å². The highest BCUT2D eigenvalue weighted by Gasteiger charge is 2.30. The fraction of sp³-hybridized carbons (Fsp3) is 0.217. The predicted molar refractivity (Wildman–Crippen MR) is 121 cm³/mol. The Bertz CT molecular complexity index is 1130. The number of carbonyl (C=O) groups is 3. The molecule has 3 rings (SSSR count). The lowest BCUT2D eigenvalue weighted by molar-refractivity contribution is -0.307. The minimum absolute atomic E-state index is 0.224. The maximum atomic E-state index is 12.7. The van der Waals surface area contributed by atoms with Crippen molar-refractivity contribution in [3.63, 3.8) is 0 Å². The maximum Gasteiger partial charge on any atom is 0.338 e. The summed E-state index contributed by atoms with van der Waals surface area (Å²) in [4.78, 5) is 41.5. The monoisotopic (exact) mass is 469 g/mol. The summed E-state index contributed by atoms with van der Waals surface area (Å²) in [5.41, 5.74) is 1.67. The van der Waals surface area contributed by atoms with Gasteiger partial charge >= 0.3 is 5.97 Å². The van der Waals surface area contributed by atoms with Crippen LogP contribution < -0.4 is 14.6 Å². The van der Waals surface area contributed by atoms with Gasteiger partial charge in [-0.2, -0.15) is 0 Å². The van der Waals surface area contributed by atoms with Gasteiger partial charge in [0.2, 0.25) is 0 Å². The Kier molecular flexibility index (Phi) is 7.73. The molecule has 0 aromatic heterocycles. The summed E-state index contributed by atoms with van der Waals surface area (Å²) in [5, 5.41) is 11.1. The van der Waals surface area contributed by atoms with Crippen molar-refractivity contribution in [1.29, 1.82) is 0 Å². The molecule has 172 valence electrons. The lowest BCUT2D eigenvalue weighted by Gasteiger charge is -2.11. The summed E-state index contributed by atoms with van der Waals surface area (Å²) in [7, 11) is 3.05. The number of aliphatic imine (C=N–C) groups is 1. The number of methoxy groups -OCH3 is 1. The van der Waals surface area contributed by atoms with Gasteiger partial charge in [0.05, 0.1) is 35.8 Å². The molecule has 1 heterocycles. The molecule has 1 aliphatic rings. The molecule has 2 aromatic rings. The van der Waals surface area contributed by atoms with Crippen LogP contribution >= 0.6 is 11.8 Å². The molecule has 0 radical (unpaired) electrons. The van der Waals surface area contributed by atoms with Gasteiger partial charge in [-0.05, 0) is 66.7 Å². The first-order chi connectivity index (χ1) is 15.8. The summed E-state index contributed by atoms with van der Waals surface area (Å²) in [6.07, 6.45) is 1.68. The minimum Gasteiger partial charge on any atom is -0.546 e. The average Bonchev–Trinajstić information content (AvgIpc) is 3.06. The summed E-state index contributed by atoms with van der Waals surface area (Å²) >= 11 is 1.20. The lowest BCUT2D eigenvalue weighted by atomic mass is 10.2. The number of rotatable bonds is 8. The second-order valence-electron chi connectivity index (χ2n) is 6.71. The average molecular weight is 469 g/mol. The van der Waals surface area contributed by atoms with Gasteiger partial charge < -0.3 is 24.1 Å². The Balaban J connectivity index is 1.79. The number of benzene rings is 2. The van der Waals surface area contributed by atoms with Gasteiger partial charge in [-0.25, -0.2) is 9.79 Å². The minimum atomic E-state index is -1.35. The van der Waals surface area contributed by atoms with Crippen LogP contribution in [-0.2, 0) is 14.3 Å². The van der Waals surface area contributed by atoms with Crippen molar-refractivity contribution in [2.45, 2.75) is 6.92 Å². The lowest BCUT2D eigenvalue weighted by Crippen LogP contribution is -2.29. The number of nitrogens with zero attached hydrogens (tertiary/aromatic N) is 2. The molecule has 0 bridgehead atoms. The van der Waals surface area contributed by atoms with Gasteiger partial charge in [0, 0.05) is 7.05 Å². The third-order valence-corrected chi connectivity index (χ3v) is 5.50. The fourth-order valence-corrected chi connectivity index (χ4v) is 3.82. The predicted octanol–water partition coefficient (Wildman–Crippen LogP) is 2.23. The van der Waals surface area contributed by atoms with Gasteiger partial charge in [0.25, 0.3) is 5.91 Å². The van der Waals surface area contributed by atoms with Crippen LogP contribution in [0.5, 0.6) is 11.5 Å². The quantitative estimate of drug-likeness (QED) is 0.427. The van der Waals surface area contributed by atoms with Crippen LogP contribution in [0.1, 0.15) is 22.8 Å². The molecule has 0 spiro atoms. The highest BCUT2D eigenvalue weighted by atomic mass is 32.2. The van der Waals surface area contributed by atoms with E-state index in [1.165, 1.54) is 23.8 Å². The molecular formula is C23H21N2O7S-. The number of carboxylic acid groups (broad SMARTS) is 1. The number of carbonyl (C=O) groups excluding carboxylic acids is 3. The van der Waals surface area contributed by atoms with Crippen molar-refractivity contribution in [3.8, 4) is 11.5 Å². The molecule has 10 heteroatoms. The standard InChI is InChI=1S/C23H22N2O7S/c1-4-31-22(29)15-6-8-16(9-7-15)24-23-25(2)21(28)19(33-23)12-14-5-10-17(18(11-14)30-3)32-13-20(26)27/h5-12H,4,13H2,1-3H3,(H,26,27)/p-1/b19-12-,24-23?. The number of esters is 1. The van der Waals surface area contributed by atoms with Crippen LogP contribution in [0.2, 0.25) is 0 Å². The highest BCUT2D eigenvalue weighted by molar-refractivity contribution is 8.18. The third kappa shape index (κ3) is 5.92. The van der Waals surface area contributed by atoms with E-state index in [9.17, 15) is 19.5 Å². The Hall–Kier alpha value is -3.79. The van der Waals surface area contributed by atoms with Crippen LogP contribution in [0, 0.1) is 0 Å². The van der Waals surface area contributed by atoms with E-state index in [-0.39, 0.29) is 11.7 Å². The zero-order chi connectivity index (χ0) is 24.0. The molecule has 0 unspecified atom stereocenters. The van der Waals surface area contributed by atoms with Gasteiger partial charge in [-0.3, -0.25) is 9.69 Å². The molecule has 33 heavy (non-hydrogen) atoms. The number of thioether (sulfide) groups is 1. The summed E-state index contributed by atoms with van der Waals surface area (Å²) < 4.78 is 15.3. The van der Waals surface area contributed by atoms with Crippen molar-refractivity contribution in [2.24, 2.45) is 4.99 Å². The summed E-state index contributed by atoms with van der Waals surface area (Å²) in [6.45, 7) is 1.43. The molecule has 1 amide bonds. The highest BCUT2D eigenvalue weighted by Crippen LogP contribution is 2.35. The number of carboxylic acids is 1. The Morgan fingerprint density at radius 3 is 2.52 bits per heavy atom. The number of likely N-dealkylation sites (N-methyl/N-ethyl adjacent to an activating group) is 1. The maximum absolute atomic E-state index is 12.7. The van der Waals surface area contributed by atoms with E-state index in [1.807, 2.05) is 0 Å². The molecule has 0 aliphatic carbocycles. The van der Waals surface area contributed by atoms with E-state index in [2.05, 4.69) is 4.99 Å². The van der Waals surface area contributed by atoms with Crippen molar-refractivity contribution < 1.29 is 33.7 Å². The first-order valence-electron chi connectivity index (χ1n) is 9.86. The molecule has 1 fully saturated rings. The van der Waals surface area contributed by atoms with Gasteiger partial charge in [0.1, 0.15) is 6.61 Å². The smallest absolute Gasteiger partial charge is 0.338 e. The second-order valence-corrected chi connectivity index (χ2v) is 7.72. The van der Waals surface area contributed by atoms with Crippen molar-refractivity contribution in [2.75, 3.05) is 27.4 Å². The first-order valence-corrected chi connectivity index (χ1v) is 10.7. The van der Waals surface area contributed by atoms with Gasteiger partial charge in [-0.1, -0.05) is 6.07 Å². The number of amides is 1. The molecule has 9 nitrogen and oxygen atoms in total. The van der Waals surface area contributed by atoms with Crippen molar-refractivity contribution in [3.05, 3.63) is 58.5 Å². The van der Waals surface area contributed by atoms with Gasteiger partial charge in [-0.15, -0.1) is 0 Å². The summed E-state index contributed by atoms with van der Waals surface area (Å²) in [6, 6.07) is 11.5. The van der Waals surface area contributed by atoms with E-state index < -0.39 is 18.5 Å².